The fourth-order valence-corrected chi connectivity index (χ4v) is 1.81. The van der Waals surface area contributed by atoms with E-state index in [1.807, 2.05) is 18.2 Å². The Morgan fingerprint density at radius 3 is 2.61 bits per heavy atom. The summed E-state index contributed by atoms with van der Waals surface area (Å²) in [6.07, 6.45) is 1.86. The van der Waals surface area contributed by atoms with Crippen molar-refractivity contribution < 1.29 is 4.79 Å². The average molecular weight is 244 g/mol. The van der Waals surface area contributed by atoms with Gasteiger partial charge in [0.05, 0.1) is 0 Å². The molecule has 1 amide bonds. The molecule has 2 rings (SSSR count). The number of nitrogens with zero attached hydrogens (tertiary/aromatic N) is 2. The standard InChI is InChI=1S/C13H16N4O/c14-12-9-11(13(15)18)16-17(12)8-4-7-10-5-2-1-3-6-10/h1-3,5-6,9H,4,7-8,14H2,(H2,15,18). The second-order valence-corrected chi connectivity index (χ2v) is 4.13. The highest BCUT2D eigenvalue weighted by Crippen LogP contribution is 2.09. The van der Waals surface area contributed by atoms with Crippen molar-refractivity contribution in [3.05, 3.63) is 47.7 Å². The number of nitrogens with two attached hydrogens (primary N) is 2. The Bertz CT molecular complexity index is 533. The lowest BCUT2D eigenvalue weighted by Crippen LogP contribution is -2.13. The molecule has 0 atom stereocenters. The molecule has 1 aromatic heterocycles. The Labute approximate surface area is 105 Å². The van der Waals surface area contributed by atoms with E-state index in [2.05, 4.69) is 17.2 Å². The summed E-state index contributed by atoms with van der Waals surface area (Å²) >= 11 is 0. The lowest BCUT2D eigenvalue weighted by Gasteiger charge is -2.04. The Kier molecular flexibility index (Phi) is 3.62. The van der Waals surface area contributed by atoms with E-state index < -0.39 is 5.91 Å². The molecule has 94 valence electrons. The number of amides is 1. The molecule has 0 aliphatic heterocycles. The number of aromatic nitrogens is 2. The quantitative estimate of drug-likeness (QED) is 0.828. The van der Waals surface area contributed by atoms with Gasteiger partial charge in [-0.05, 0) is 18.4 Å². The van der Waals surface area contributed by atoms with Gasteiger partial charge in [-0.1, -0.05) is 30.3 Å². The van der Waals surface area contributed by atoms with Crippen LogP contribution in [-0.4, -0.2) is 15.7 Å². The number of rotatable bonds is 5. The Morgan fingerprint density at radius 2 is 2.00 bits per heavy atom. The van der Waals surface area contributed by atoms with Crippen LogP contribution in [0.4, 0.5) is 5.82 Å². The van der Waals surface area contributed by atoms with Crippen molar-refractivity contribution in [1.82, 2.24) is 9.78 Å². The minimum Gasteiger partial charge on any atom is -0.384 e. The SMILES string of the molecule is NC(=O)c1cc(N)n(CCCc2ccccc2)n1. The monoisotopic (exact) mass is 244 g/mol. The lowest BCUT2D eigenvalue weighted by atomic mass is 10.1. The largest absolute Gasteiger partial charge is 0.384 e. The fraction of sp³-hybridized carbons (Fsp3) is 0.231. The topological polar surface area (TPSA) is 86.9 Å². The minimum absolute atomic E-state index is 0.215. The first kappa shape index (κ1) is 12.2. The van der Waals surface area contributed by atoms with Crippen molar-refractivity contribution in [1.29, 1.82) is 0 Å². The van der Waals surface area contributed by atoms with Gasteiger partial charge in [0.2, 0.25) is 0 Å². The molecule has 1 heterocycles. The molecule has 0 unspecified atom stereocenters. The zero-order valence-corrected chi connectivity index (χ0v) is 10.0. The molecule has 0 radical (unpaired) electrons. The molecular formula is C13H16N4O. The number of carbonyl (C=O) groups is 1. The van der Waals surface area contributed by atoms with Crippen LogP contribution in [0.3, 0.4) is 0 Å². The summed E-state index contributed by atoms with van der Waals surface area (Å²) in [5, 5.41) is 4.06. The summed E-state index contributed by atoms with van der Waals surface area (Å²) in [6.45, 7) is 0.675. The highest BCUT2D eigenvalue weighted by molar-refractivity contribution is 5.91. The number of hydrogen-bond acceptors (Lipinski definition) is 3. The predicted molar refractivity (Wildman–Crippen MR) is 69.9 cm³/mol. The summed E-state index contributed by atoms with van der Waals surface area (Å²) in [5.74, 6) is -0.0830. The zero-order chi connectivity index (χ0) is 13.0. The van der Waals surface area contributed by atoms with E-state index in [1.54, 1.807) is 4.68 Å². The third kappa shape index (κ3) is 2.88. The molecule has 18 heavy (non-hydrogen) atoms. The van der Waals surface area contributed by atoms with Crippen molar-refractivity contribution in [2.24, 2.45) is 5.73 Å². The van der Waals surface area contributed by atoms with Gasteiger partial charge >= 0.3 is 0 Å². The van der Waals surface area contributed by atoms with Crippen LogP contribution in [0.25, 0.3) is 0 Å². The molecule has 5 heteroatoms. The molecular weight excluding hydrogens is 228 g/mol. The zero-order valence-electron chi connectivity index (χ0n) is 10.0. The second kappa shape index (κ2) is 5.35. The van der Waals surface area contributed by atoms with E-state index in [1.165, 1.54) is 11.6 Å². The van der Waals surface area contributed by atoms with Crippen LogP contribution in [0.15, 0.2) is 36.4 Å². The van der Waals surface area contributed by atoms with Crippen LogP contribution in [0, 0.1) is 0 Å². The highest BCUT2D eigenvalue weighted by Gasteiger charge is 2.08. The third-order valence-electron chi connectivity index (χ3n) is 2.74. The molecule has 0 spiro atoms. The van der Waals surface area contributed by atoms with E-state index in [0.29, 0.717) is 12.4 Å². The van der Waals surface area contributed by atoms with Gasteiger partial charge in [-0.3, -0.25) is 4.79 Å². The van der Waals surface area contributed by atoms with Gasteiger partial charge < -0.3 is 11.5 Å². The van der Waals surface area contributed by atoms with Gasteiger partial charge in [-0.2, -0.15) is 5.10 Å². The number of aryl methyl sites for hydroxylation is 2. The van der Waals surface area contributed by atoms with Gasteiger partial charge in [-0.25, -0.2) is 4.68 Å². The molecule has 5 nitrogen and oxygen atoms in total. The van der Waals surface area contributed by atoms with Crippen LogP contribution < -0.4 is 11.5 Å². The van der Waals surface area contributed by atoms with Crippen LogP contribution >= 0.6 is 0 Å². The molecule has 0 aliphatic rings. The van der Waals surface area contributed by atoms with Gasteiger partial charge in [0, 0.05) is 12.6 Å². The summed E-state index contributed by atoms with van der Waals surface area (Å²) in [5.41, 5.74) is 12.4. The van der Waals surface area contributed by atoms with Gasteiger partial charge in [0.15, 0.2) is 5.69 Å². The van der Waals surface area contributed by atoms with Gasteiger partial charge in [0.25, 0.3) is 5.91 Å². The number of benzene rings is 1. The first-order chi connectivity index (χ1) is 8.66. The number of anilines is 1. The maximum absolute atomic E-state index is 11.0. The Morgan fingerprint density at radius 1 is 1.28 bits per heavy atom. The Balaban J connectivity index is 1.92. The molecule has 0 fully saturated rings. The summed E-state index contributed by atoms with van der Waals surface area (Å²) in [7, 11) is 0. The normalized spacial score (nSPS) is 10.4. The van der Waals surface area contributed by atoms with Gasteiger partial charge in [0.1, 0.15) is 5.82 Å². The predicted octanol–water partition coefficient (Wildman–Crippen LogP) is 1.20. The van der Waals surface area contributed by atoms with E-state index in [4.69, 9.17) is 11.5 Å². The van der Waals surface area contributed by atoms with Crippen LogP contribution in [0.2, 0.25) is 0 Å². The minimum atomic E-state index is -0.552. The molecule has 0 bridgehead atoms. The van der Waals surface area contributed by atoms with Crippen molar-refractivity contribution in [3.8, 4) is 0 Å². The smallest absolute Gasteiger partial charge is 0.269 e. The van der Waals surface area contributed by atoms with Crippen molar-refractivity contribution in [3.63, 3.8) is 0 Å². The van der Waals surface area contributed by atoms with Gasteiger partial charge in [-0.15, -0.1) is 0 Å². The average Bonchev–Trinajstić information content (AvgIpc) is 2.73. The number of hydrogen-bond donors (Lipinski definition) is 2. The molecule has 4 N–H and O–H groups in total. The van der Waals surface area contributed by atoms with E-state index >= 15 is 0 Å². The van der Waals surface area contributed by atoms with Crippen molar-refractivity contribution in [2.75, 3.05) is 5.73 Å². The van der Waals surface area contributed by atoms with Crippen molar-refractivity contribution in [2.45, 2.75) is 19.4 Å². The summed E-state index contributed by atoms with van der Waals surface area (Å²) < 4.78 is 1.61. The number of nitrogen functional groups attached to an aromatic ring is 1. The van der Waals surface area contributed by atoms with Crippen LogP contribution in [0.1, 0.15) is 22.5 Å². The first-order valence-electron chi connectivity index (χ1n) is 5.84. The molecule has 0 saturated carbocycles. The molecule has 0 saturated heterocycles. The third-order valence-corrected chi connectivity index (χ3v) is 2.74. The maximum Gasteiger partial charge on any atom is 0.269 e. The number of carbonyl (C=O) groups excluding carboxylic acids is 1. The summed E-state index contributed by atoms with van der Waals surface area (Å²) in [4.78, 5) is 11.0. The van der Waals surface area contributed by atoms with E-state index in [-0.39, 0.29) is 5.69 Å². The maximum atomic E-state index is 11.0. The molecule has 2 aromatic rings. The van der Waals surface area contributed by atoms with E-state index in [0.717, 1.165) is 12.8 Å². The van der Waals surface area contributed by atoms with E-state index in [9.17, 15) is 4.79 Å². The first-order valence-corrected chi connectivity index (χ1v) is 5.84. The Hall–Kier alpha value is -2.30. The molecule has 1 aromatic carbocycles. The summed E-state index contributed by atoms with van der Waals surface area (Å²) in [6, 6.07) is 11.7. The highest BCUT2D eigenvalue weighted by atomic mass is 16.1. The lowest BCUT2D eigenvalue weighted by molar-refractivity contribution is 0.0994. The molecule has 0 aliphatic carbocycles. The fourth-order valence-electron chi connectivity index (χ4n) is 1.81. The van der Waals surface area contributed by atoms with Crippen molar-refractivity contribution >= 4 is 11.7 Å². The number of primary amides is 1. The van der Waals surface area contributed by atoms with Crippen LogP contribution in [-0.2, 0) is 13.0 Å². The second-order valence-electron chi connectivity index (χ2n) is 4.13. The van der Waals surface area contributed by atoms with Crippen LogP contribution in [0.5, 0.6) is 0 Å².